The lowest BCUT2D eigenvalue weighted by Gasteiger charge is -2.29. The van der Waals surface area contributed by atoms with Crippen LogP contribution in [0.3, 0.4) is 0 Å². The molecule has 1 saturated heterocycles. The van der Waals surface area contributed by atoms with Crippen molar-refractivity contribution >= 4 is 5.91 Å². The van der Waals surface area contributed by atoms with E-state index in [0.29, 0.717) is 18.4 Å². The first-order valence-electron chi connectivity index (χ1n) is 7.98. The van der Waals surface area contributed by atoms with Crippen molar-refractivity contribution in [1.29, 1.82) is 0 Å². The Bertz CT molecular complexity index is 559. The van der Waals surface area contributed by atoms with Crippen molar-refractivity contribution in [2.24, 2.45) is 17.6 Å². The van der Waals surface area contributed by atoms with Crippen molar-refractivity contribution in [2.45, 2.75) is 31.4 Å². The van der Waals surface area contributed by atoms with Gasteiger partial charge in [-0.15, -0.1) is 0 Å². The molecule has 2 heterocycles. The third-order valence-electron chi connectivity index (χ3n) is 5.44. The number of ether oxygens (including phenoxy) is 1. The summed E-state index contributed by atoms with van der Waals surface area (Å²) in [5.74, 6) is 1.22. The maximum Gasteiger partial charge on any atom is 0.256 e. The van der Waals surface area contributed by atoms with Crippen molar-refractivity contribution < 1.29 is 9.53 Å². The van der Waals surface area contributed by atoms with Crippen LogP contribution in [-0.4, -0.2) is 36.5 Å². The monoisotopic (exact) mass is 286 g/mol. The largest absolute Gasteiger partial charge is 0.363 e. The zero-order valence-corrected chi connectivity index (χ0v) is 12.2. The second kappa shape index (κ2) is 5.11. The first-order valence-corrected chi connectivity index (χ1v) is 7.98. The van der Waals surface area contributed by atoms with Crippen LogP contribution in [0, 0.1) is 11.8 Å². The highest BCUT2D eigenvalue weighted by Crippen LogP contribution is 2.39. The number of hydrogen-bond acceptors (Lipinski definition) is 3. The van der Waals surface area contributed by atoms with Gasteiger partial charge in [-0.05, 0) is 42.2 Å². The summed E-state index contributed by atoms with van der Waals surface area (Å²) in [6.45, 7) is 2.31. The fourth-order valence-corrected chi connectivity index (χ4v) is 4.25. The minimum absolute atomic E-state index is 0.128. The van der Waals surface area contributed by atoms with Gasteiger partial charge in [0, 0.05) is 19.1 Å². The number of rotatable bonds is 1. The van der Waals surface area contributed by atoms with E-state index in [2.05, 4.69) is 6.07 Å². The average Bonchev–Trinajstić information content (AvgIpc) is 3.08. The van der Waals surface area contributed by atoms with Gasteiger partial charge >= 0.3 is 0 Å². The Hall–Kier alpha value is -1.39. The molecule has 0 bridgehead atoms. The molecule has 0 aromatic heterocycles. The van der Waals surface area contributed by atoms with Crippen LogP contribution in [0.15, 0.2) is 24.3 Å². The highest BCUT2D eigenvalue weighted by molar-refractivity contribution is 5.83. The van der Waals surface area contributed by atoms with E-state index in [-0.39, 0.29) is 11.9 Å². The number of nitrogens with two attached hydrogens (primary N) is 1. The summed E-state index contributed by atoms with van der Waals surface area (Å²) in [6, 6.07) is 8.42. The molecule has 0 unspecified atom stereocenters. The van der Waals surface area contributed by atoms with Crippen LogP contribution in [0.25, 0.3) is 0 Å². The van der Waals surface area contributed by atoms with Gasteiger partial charge in [-0.2, -0.15) is 0 Å². The van der Waals surface area contributed by atoms with Crippen LogP contribution in [0.4, 0.5) is 0 Å². The van der Waals surface area contributed by atoms with E-state index in [1.165, 1.54) is 5.56 Å². The molecule has 4 rings (SSSR count). The highest BCUT2D eigenvalue weighted by Gasteiger charge is 2.44. The van der Waals surface area contributed by atoms with Crippen molar-refractivity contribution in [3.63, 3.8) is 0 Å². The van der Waals surface area contributed by atoms with Gasteiger partial charge in [0.1, 0.15) is 0 Å². The molecule has 0 spiro atoms. The molecule has 4 heteroatoms. The fourth-order valence-electron chi connectivity index (χ4n) is 4.25. The van der Waals surface area contributed by atoms with E-state index in [1.54, 1.807) is 0 Å². The highest BCUT2D eigenvalue weighted by atomic mass is 16.5. The summed E-state index contributed by atoms with van der Waals surface area (Å²) in [5.41, 5.74) is 8.47. The smallest absolute Gasteiger partial charge is 0.256 e. The van der Waals surface area contributed by atoms with Crippen molar-refractivity contribution in [3.8, 4) is 0 Å². The fraction of sp³-hybridized carbons (Fsp3) is 0.588. The number of amides is 1. The molecule has 112 valence electrons. The molecular formula is C17H22N2O2. The average molecular weight is 286 g/mol. The lowest BCUT2D eigenvalue weighted by atomic mass is 9.97. The minimum Gasteiger partial charge on any atom is -0.363 e. The van der Waals surface area contributed by atoms with Crippen molar-refractivity contribution in [3.05, 3.63) is 35.4 Å². The second-order valence-electron chi connectivity index (χ2n) is 6.61. The summed E-state index contributed by atoms with van der Waals surface area (Å²) < 4.78 is 5.81. The van der Waals surface area contributed by atoms with E-state index < -0.39 is 6.10 Å². The number of benzene rings is 1. The number of nitrogens with zero attached hydrogens (tertiary/aromatic N) is 1. The van der Waals surface area contributed by atoms with Crippen LogP contribution >= 0.6 is 0 Å². The van der Waals surface area contributed by atoms with E-state index in [0.717, 1.165) is 37.9 Å². The first kappa shape index (κ1) is 13.3. The molecular weight excluding hydrogens is 264 g/mol. The molecule has 2 fully saturated rings. The molecule has 1 amide bonds. The van der Waals surface area contributed by atoms with Gasteiger partial charge < -0.3 is 15.4 Å². The number of carbonyl (C=O) groups is 1. The number of likely N-dealkylation sites (tertiary alicyclic amines) is 1. The van der Waals surface area contributed by atoms with E-state index in [9.17, 15) is 4.79 Å². The van der Waals surface area contributed by atoms with E-state index >= 15 is 0 Å². The Balaban J connectivity index is 1.54. The molecule has 2 aliphatic heterocycles. The van der Waals surface area contributed by atoms with Gasteiger partial charge in [0.25, 0.3) is 5.91 Å². The van der Waals surface area contributed by atoms with Crippen LogP contribution in [0.1, 0.15) is 30.1 Å². The van der Waals surface area contributed by atoms with E-state index in [1.807, 2.05) is 23.1 Å². The van der Waals surface area contributed by atoms with Gasteiger partial charge in [-0.1, -0.05) is 24.3 Å². The predicted molar refractivity (Wildman–Crippen MR) is 79.6 cm³/mol. The van der Waals surface area contributed by atoms with Gasteiger partial charge in [-0.25, -0.2) is 0 Å². The molecule has 1 saturated carbocycles. The zero-order valence-electron chi connectivity index (χ0n) is 12.2. The van der Waals surface area contributed by atoms with Crippen molar-refractivity contribution in [2.75, 3.05) is 19.7 Å². The molecule has 1 aromatic rings. The molecule has 1 aliphatic carbocycles. The molecule has 4 atom stereocenters. The first-order chi connectivity index (χ1) is 10.2. The molecule has 0 radical (unpaired) electrons. The van der Waals surface area contributed by atoms with Crippen LogP contribution < -0.4 is 5.73 Å². The van der Waals surface area contributed by atoms with Gasteiger partial charge in [0.05, 0.1) is 6.61 Å². The summed E-state index contributed by atoms with van der Waals surface area (Å²) in [5, 5.41) is 0. The van der Waals surface area contributed by atoms with Gasteiger partial charge in [-0.3, -0.25) is 4.79 Å². The SMILES string of the molecule is N[C@@H]1CC[C@@H]2CN(C(=O)[C@H]3OCCc4ccccc43)C[C@H]21. The number of fused-ring (bicyclic) bond motifs is 2. The quantitative estimate of drug-likeness (QED) is 0.851. The van der Waals surface area contributed by atoms with E-state index in [4.69, 9.17) is 10.5 Å². The maximum absolute atomic E-state index is 12.9. The lowest BCUT2D eigenvalue weighted by molar-refractivity contribution is -0.144. The third-order valence-corrected chi connectivity index (χ3v) is 5.44. The number of carbonyl (C=O) groups excluding carboxylic acids is 1. The Morgan fingerprint density at radius 1 is 1.24 bits per heavy atom. The summed E-state index contributed by atoms with van der Waals surface area (Å²) >= 11 is 0. The molecule has 21 heavy (non-hydrogen) atoms. The standard InChI is InChI=1S/C17H22N2O2/c18-15-6-5-12-9-19(10-14(12)15)17(20)16-13-4-2-1-3-11(13)7-8-21-16/h1-4,12,14-16H,5-10,18H2/t12-,14-,15-,16+/m1/s1. The van der Waals surface area contributed by atoms with Crippen molar-refractivity contribution in [1.82, 2.24) is 4.90 Å². The summed E-state index contributed by atoms with van der Waals surface area (Å²) in [4.78, 5) is 14.8. The summed E-state index contributed by atoms with van der Waals surface area (Å²) in [6.07, 6.45) is 2.76. The van der Waals surface area contributed by atoms with Crippen LogP contribution in [0.2, 0.25) is 0 Å². The lowest BCUT2D eigenvalue weighted by Crippen LogP contribution is -2.38. The zero-order chi connectivity index (χ0) is 14.4. The Morgan fingerprint density at radius 2 is 2.10 bits per heavy atom. The number of hydrogen-bond donors (Lipinski definition) is 1. The topological polar surface area (TPSA) is 55.6 Å². The molecule has 3 aliphatic rings. The molecule has 1 aromatic carbocycles. The second-order valence-corrected chi connectivity index (χ2v) is 6.61. The van der Waals surface area contributed by atoms with Crippen LogP contribution in [0.5, 0.6) is 0 Å². The molecule has 2 N–H and O–H groups in total. The maximum atomic E-state index is 12.9. The normalized spacial score (nSPS) is 34.6. The minimum atomic E-state index is -0.412. The predicted octanol–water partition coefficient (Wildman–Crippen LogP) is 1.50. The van der Waals surface area contributed by atoms with Gasteiger partial charge in [0.15, 0.2) is 6.10 Å². The van der Waals surface area contributed by atoms with Gasteiger partial charge in [0.2, 0.25) is 0 Å². The Morgan fingerprint density at radius 3 is 2.95 bits per heavy atom. The Labute approximate surface area is 125 Å². The molecule has 4 nitrogen and oxygen atoms in total. The van der Waals surface area contributed by atoms with Crippen LogP contribution in [-0.2, 0) is 16.0 Å². The Kier molecular flexibility index (Phi) is 3.23. The third kappa shape index (κ3) is 2.17. The summed E-state index contributed by atoms with van der Waals surface area (Å²) in [7, 11) is 0.